The van der Waals surface area contributed by atoms with Crippen LogP contribution in [0.3, 0.4) is 0 Å². The minimum absolute atomic E-state index is 0.0795. The van der Waals surface area contributed by atoms with Crippen LogP contribution in [0.4, 0.5) is 0 Å². The molecule has 4 rings (SSSR count). The summed E-state index contributed by atoms with van der Waals surface area (Å²) in [6.07, 6.45) is 2.40. The molecule has 3 aromatic rings. The fraction of sp³-hybridized carbons (Fsp3) is 0.238. The highest BCUT2D eigenvalue weighted by atomic mass is 32.1. The Balaban J connectivity index is 1.61. The van der Waals surface area contributed by atoms with Crippen molar-refractivity contribution in [1.29, 1.82) is 0 Å². The van der Waals surface area contributed by atoms with Gasteiger partial charge in [0.2, 0.25) is 6.79 Å². The van der Waals surface area contributed by atoms with E-state index in [2.05, 4.69) is 5.32 Å². The molecule has 0 radical (unpaired) electrons. The molecule has 0 spiro atoms. The summed E-state index contributed by atoms with van der Waals surface area (Å²) in [5, 5.41) is 4.96. The van der Waals surface area contributed by atoms with Crippen molar-refractivity contribution in [3.8, 4) is 17.2 Å². The van der Waals surface area contributed by atoms with E-state index in [1.807, 2.05) is 24.4 Å². The lowest BCUT2D eigenvalue weighted by molar-refractivity contribution is 0.0937. The normalized spacial score (nSPS) is 13.4. The van der Waals surface area contributed by atoms with Gasteiger partial charge in [-0.1, -0.05) is 6.07 Å². The van der Waals surface area contributed by atoms with Gasteiger partial charge in [0.25, 0.3) is 11.5 Å². The molecule has 1 aliphatic rings. The van der Waals surface area contributed by atoms with Gasteiger partial charge in [-0.2, -0.15) is 0 Å². The van der Waals surface area contributed by atoms with Crippen LogP contribution in [0.2, 0.25) is 0 Å². The maximum absolute atomic E-state index is 13.1. The van der Waals surface area contributed by atoms with Crippen LogP contribution in [0.15, 0.2) is 52.8 Å². The zero-order valence-electron chi connectivity index (χ0n) is 15.6. The third kappa shape index (κ3) is 3.53. The van der Waals surface area contributed by atoms with Crippen molar-refractivity contribution in [2.75, 3.05) is 6.79 Å². The smallest absolute Gasteiger partial charge is 0.268 e. The molecule has 3 heterocycles. The molecule has 0 aliphatic carbocycles. The Morgan fingerprint density at radius 3 is 2.86 bits per heavy atom. The summed E-state index contributed by atoms with van der Waals surface area (Å²) in [7, 11) is 0. The van der Waals surface area contributed by atoms with Crippen LogP contribution in [-0.2, 0) is 6.42 Å². The van der Waals surface area contributed by atoms with E-state index >= 15 is 0 Å². The SMILES string of the molecule is Cc1ccn(-c2ccc3c(c2)OCO3)c(=O)c1C(=O)N[C@H](C)Cc1cccs1. The maximum atomic E-state index is 13.1. The van der Waals surface area contributed by atoms with Crippen LogP contribution >= 0.6 is 11.3 Å². The maximum Gasteiger partial charge on any atom is 0.268 e. The molecule has 1 N–H and O–H groups in total. The third-order valence-electron chi connectivity index (χ3n) is 4.63. The van der Waals surface area contributed by atoms with E-state index in [1.54, 1.807) is 48.7 Å². The number of hydrogen-bond donors (Lipinski definition) is 1. The minimum Gasteiger partial charge on any atom is -0.454 e. The van der Waals surface area contributed by atoms with Gasteiger partial charge in [0.05, 0.1) is 5.69 Å². The first-order valence-electron chi connectivity index (χ1n) is 8.98. The van der Waals surface area contributed by atoms with Gasteiger partial charge in [0.15, 0.2) is 11.5 Å². The molecular formula is C21H20N2O4S. The molecule has 2 aromatic heterocycles. The second-order valence-electron chi connectivity index (χ2n) is 6.74. The molecule has 144 valence electrons. The van der Waals surface area contributed by atoms with E-state index in [9.17, 15) is 9.59 Å². The molecular weight excluding hydrogens is 376 g/mol. The minimum atomic E-state index is -0.361. The van der Waals surface area contributed by atoms with Gasteiger partial charge in [-0.3, -0.25) is 14.2 Å². The number of carbonyl (C=O) groups is 1. The van der Waals surface area contributed by atoms with Gasteiger partial charge < -0.3 is 14.8 Å². The van der Waals surface area contributed by atoms with Gasteiger partial charge >= 0.3 is 0 Å². The molecule has 0 unspecified atom stereocenters. The third-order valence-corrected chi connectivity index (χ3v) is 5.53. The molecule has 0 saturated heterocycles. The topological polar surface area (TPSA) is 69.6 Å². The lowest BCUT2D eigenvalue weighted by atomic mass is 10.1. The largest absolute Gasteiger partial charge is 0.454 e. The molecule has 28 heavy (non-hydrogen) atoms. The summed E-state index contributed by atoms with van der Waals surface area (Å²) < 4.78 is 12.2. The molecule has 7 heteroatoms. The number of hydrogen-bond acceptors (Lipinski definition) is 5. The van der Waals surface area contributed by atoms with E-state index < -0.39 is 0 Å². The van der Waals surface area contributed by atoms with Gasteiger partial charge in [-0.05, 0) is 49.1 Å². The molecule has 1 atom stereocenters. The molecule has 0 bridgehead atoms. The number of fused-ring (bicyclic) bond motifs is 1. The molecule has 1 amide bonds. The monoisotopic (exact) mass is 396 g/mol. The van der Waals surface area contributed by atoms with E-state index in [0.717, 1.165) is 6.42 Å². The summed E-state index contributed by atoms with van der Waals surface area (Å²) in [6.45, 7) is 3.87. The number of amides is 1. The average Bonchev–Trinajstić information content (AvgIpc) is 3.32. The van der Waals surface area contributed by atoms with Gasteiger partial charge in [0.1, 0.15) is 5.56 Å². The number of aryl methyl sites for hydroxylation is 1. The van der Waals surface area contributed by atoms with Crippen LogP contribution in [0.5, 0.6) is 11.5 Å². The Bertz CT molecular complexity index is 1070. The second kappa shape index (κ2) is 7.52. The van der Waals surface area contributed by atoms with Crippen LogP contribution in [0, 0.1) is 6.92 Å². The fourth-order valence-corrected chi connectivity index (χ4v) is 4.05. The quantitative estimate of drug-likeness (QED) is 0.719. The fourth-order valence-electron chi connectivity index (χ4n) is 3.22. The van der Waals surface area contributed by atoms with Crippen LogP contribution in [0.1, 0.15) is 27.7 Å². The summed E-state index contributed by atoms with van der Waals surface area (Å²) in [4.78, 5) is 27.1. The van der Waals surface area contributed by atoms with E-state index in [-0.39, 0.29) is 29.9 Å². The van der Waals surface area contributed by atoms with E-state index in [0.29, 0.717) is 22.7 Å². The molecule has 0 fully saturated rings. The summed E-state index contributed by atoms with van der Waals surface area (Å²) in [6, 6.07) is 11.0. The number of thiophene rings is 1. The Morgan fingerprint density at radius 2 is 2.07 bits per heavy atom. The highest BCUT2D eigenvalue weighted by Gasteiger charge is 2.20. The van der Waals surface area contributed by atoms with Crippen LogP contribution < -0.4 is 20.3 Å². The van der Waals surface area contributed by atoms with Gasteiger partial charge in [-0.15, -0.1) is 11.3 Å². The molecule has 1 aliphatic heterocycles. The van der Waals surface area contributed by atoms with Crippen molar-refractivity contribution in [2.45, 2.75) is 26.3 Å². The lowest BCUT2D eigenvalue weighted by Gasteiger charge is -2.15. The molecule has 0 saturated carbocycles. The first-order chi connectivity index (χ1) is 13.5. The lowest BCUT2D eigenvalue weighted by Crippen LogP contribution is -2.38. The molecule has 6 nitrogen and oxygen atoms in total. The van der Waals surface area contributed by atoms with Crippen molar-refractivity contribution in [2.24, 2.45) is 0 Å². The Kier molecular flexibility index (Phi) is 4.92. The van der Waals surface area contributed by atoms with E-state index in [1.165, 1.54) is 9.44 Å². The first kappa shape index (κ1) is 18.3. The van der Waals surface area contributed by atoms with Crippen LogP contribution in [-0.4, -0.2) is 23.3 Å². The van der Waals surface area contributed by atoms with Crippen molar-refractivity contribution in [3.05, 3.63) is 74.3 Å². The summed E-state index contributed by atoms with van der Waals surface area (Å²) >= 11 is 1.65. The van der Waals surface area contributed by atoms with Gasteiger partial charge in [0, 0.05) is 29.6 Å². The van der Waals surface area contributed by atoms with Crippen molar-refractivity contribution in [3.63, 3.8) is 0 Å². The van der Waals surface area contributed by atoms with Gasteiger partial charge in [-0.25, -0.2) is 0 Å². The summed E-state index contributed by atoms with van der Waals surface area (Å²) in [5.74, 6) is 0.867. The number of aromatic nitrogens is 1. The number of nitrogens with zero attached hydrogens (tertiary/aromatic N) is 1. The van der Waals surface area contributed by atoms with Crippen molar-refractivity contribution >= 4 is 17.2 Å². The number of nitrogens with one attached hydrogen (secondary N) is 1. The summed E-state index contributed by atoms with van der Waals surface area (Å²) in [5.41, 5.74) is 1.05. The highest BCUT2D eigenvalue weighted by molar-refractivity contribution is 7.09. The number of rotatable bonds is 5. The zero-order chi connectivity index (χ0) is 19.7. The number of benzene rings is 1. The first-order valence-corrected chi connectivity index (χ1v) is 9.86. The molecule has 1 aromatic carbocycles. The van der Waals surface area contributed by atoms with E-state index in [4.69, 9.17) is 9.47 Å². The van der Waals surface area contributed by atoms with Crippen LogP contribution in [0.25, 0.3) is 5.69 Å². The predicted octanol–water partition coefficient (Wildman–Crippen LogP) is 3.30. The number of pyridine rings is 1. The standard InChI is InChI=1S/C21H20N2O4S/c1-13-7-8-23(15-5-6-17-18(11-15)27-12-26-17)21(25)19(13)20(24)22-14(2)10-16-4-3-9-28-16/h3-9,11,14H,10,12H2,1-2H3,(H,22,24)/t14-/m1/s1. The zero-order valence-corrected chi connectivity index (χ0v) is 16.4. The second-order valence-corrected chi connectivity index (χ2v) is 7.78. The predicted molar refractivity (Wildman–Crippen MR) is 108 cm³/mol. The number of carbonyl (C=O) groups excluding carboxylic acids is 1. The highest BCUT2D eigenvalue weighted by Crippen LogP contribution is 2.33. The van der Waals surface area contributed by atoms with Crippen molar-refractivity contribution < 1.29 is 14.3 Å². The Hall–Kier alpha value is -3.06. The number of ether oxygens (including phenoxy) is 2. The Morgan fingerprint density at radius 1 is 1.25 bits per heavy atom. The average molecular weight is 396 g/mol. The van der Waals surface area contributed by atoms with Crippen molar-refractivity contribution in [1.82, 2.24) is 9.88 Å². The Labute approximate surface area is 166 Å².